The van der Waals surface area contributed by atoms with Gasteiger partial charge in [0.15, 0.2) is 0 Å². The van der Waals surface area contributed by atoms with Crippen molar-refractivity contribution in [2.75, 3.05) is 39.3 Å². The quantitative estimate of drug-likeness (QED) is 0.734. The third kappa shape index (κ3) is 1.92. The summed E-state index contributed by atoms with van der Waals surface area (Å²) in [6.45, 7) is 17.2. The van der Waals surface area contributed by atoms with Gasteiger partial charge in [-0.2, -0.15) is 0 Å². The molecule has 0 unspecified atom stereocenters. The maximum absolute atomic E-state index is 3.40. The van der Waals surface area contributed by atoms with E-state index in [1.807, 2.05) is 0 Å². The molecular weight excluding hydrogens is 210 g/mol. The number of nitrogens with zero attached hydrogens (tertiary/aromatic N) is 2. The molecule has 0 aromatic carbocycles. The van der Waals surface area contributed by atoms with Gasteiger partial charge < -0.3 is 5.32 Å². The van der Waals surface area contributed by atoms with Crippen LogP contribution < -0.4 is 5.32 Å². The fourth-order valence-electron chi connectivity index (χ4n) is 3.71. The lowest BCUT2D eigenvalue weighted by Crippen LogP contribution is -2.57. The molecule has 3 aliphatic rings. The largest absolute Gasteiger partial charge is 0.314 e. The van der Waals surface area contributed by atoms with Gasteiger partial charge in [-0.15, -0.1) is 0 Å². The van der Waals surface area contributed by atoms with Crippen LogP contribution in [0.25, 0.3) is 0 Å². The van der Waals surface area contributed by atoms with Gasteiger partial charge in [0.05, 0.1) is 0 Å². The van der Waals surface area contributed by atoms with Gasteiger partial charge >= 0.3 is 0 Å². The Morgan fingerprint density at radius 3 is 2.29 bits per heavy atom. The van der Waals surface area contributed by atoms with E-state index in [-0.39, 0.29) is 0 Å². The van der Waals surface area contributed by atoms with Crippen molar-refractivity contribution in [1.29, 1.82) is 0 Å². The molecule has 3 saturated heterocycles. The van der Waals surface area contributed by atoms with E-state index in [0.717, 1.165) is 12.0 Å². The number of likely N-dealkylation sites (tertiary alicyclic amines) is 2. The molecule has 3 heteroatoms. The number of nitrogens with one attached hydrogen (secondary N) is 1. The molecule has 3 fully saturated rings. The Balaban J connectivity index is 1.67. The average molecular weight is 237 g/mol. The van der Waals surface area contributed by atoms with E-state index in [0.29, 0.717) is 11.0 Å². The Hall–Kier alpha value is -0.120. The lowest BCUT2D eigenvalue weighted by molar-refractivity contribution is 0.111. The molecule has 17 heavy (non-hydrogen) atoms. The number of fused-ring (bicyclic) bond motifs is 1. The molecule has 0 aliphatic carbocycles. The van der Waals surface area contributed by atoms with E-state index in [9.17, 15) is 0 Å². The predicted molar refractivity (Wildman–Crippen MR) is 71.2 cm³/mol. The fourth-order valence-corrected chi connectivity index (χ4v) is 3.71. The summed E-state index contributed by atoms with van der Waals surface area (Å²) in [7, 11) is 0. The predicted octanol–water partition coefficient (Wildman–Crippen LogP) is 1.01. The molecule has 1 N–H and O–H groups in total. The first kappa shape index (κ1) is 11.9. The van der Waals surface area contributed by atoms with Crippen molar-refractivity contribution in [3.8, 4) is 0 Å². The summed E-state index contributed by atoms with van der Waals surface area (Å²) in [4.78, 5) is 5.43. The van der Waals surface area contributed by atoms with Crippen LogP contribution in [0.3, 0.4) is 0 Å². The monoisotopic (exact) mass is 237 g/mol. The van der Waals surface area contributed by atoms with Crippen LogP contribution in [0.5, 0.6) is 0 Å². The van der Waals surface area contributed by atoms with Crippen molar-refractivity contribution < 1.29 is 0 Å². The van der Waals surface area contributed by atoms with E-state index in [4.69, 9.17) is 0 Å². The Bertz CT molecular complexity index is 305. The first-order chi connectivity index (χ1) is 7.88. The molecule has 98 valence electrons. The second-order valence-electron chi connectivity index (χ2n) is 7.64. The molecule has 3 aliphatic heterocycles. The summed E-state index contributed by atoms with van der Waals surface area (Å²) >= 11 is 0. The molecule has 0 aromatic heterocycles. The molecule has 3 nitrogen and oxygen atoms in total. The van der Waals surface area contributed by atoms with Gasteiger partial charge in [-0.05, 0) is 32.1 Å². The third-order valence-corrected chi connectivity index (χ3v) is 5.22. The summed E-state index contributed by atoms with van der Waals surface area (Å²) in [5.41, 5.74) is 0.888. The molecule has 3 heterocycles. The zero-order valence-corrected chi connectivity index (χ0v) is 11.8. The first-order valence-electron chi connectivity index (χ1n) is 7.08. The Labute approximate surface area is 106 Å². The SMILES string of the molecule is CC(C)(C)N1C[C@H]2CN(C3CNC3)C[C@@]2(C)C1. The minimum absolute atomic E-state index is 0.343. The average Bonchev–Trinajstić information content (AvgIpc) is 2.51. The van der Waals surface area contributed by atoms with Crippen LogP contribution in [0.15, 0.2) is 0 Å². The smallest absolute Gasteiger partial charge is 0.0345 e. The van der Waals surface area contributed by atoms with Gasteiger partial charge in [0, 0.05) is 50.8 Å². The molecular formula is C14H27N3. The number of rotatable bonds is 1. The van der Waals surface area contributed by atoms with E-state index in [2.05, 4.69) is 42.8 Å². The van der Waals surface area contributed by atoms with Crippen molar-refractivity contribution in [3.05, 3.63) is 0 Å². The highest BCUT2D eigenvalue weighted by molar-refractivity contribution is 5.06. The maximum Gasteiger partial charge on any atom is 0.0345 e. The van der Waals surface area contributed by atoms with E-state index in [1.54, 1.807) is 0 Å². The van der Waals surface area contributed by atoms with Gasteiger partial charge in [0.25, 0.3) is 0 Å². The number of hydrogen-bond acceptors (Lipinski definition) is 3. The number of hydrogen-bond donors (Lipinski definition) is 1. The van der Waals surface area contributed by atoms with Crippen LogP contribution in [-0.4, -0.2) is 60.6 Å². The summed E-state index contributed by atoms with van der Waals surface area (Å²) in [6, 6.07) is 0.834. The van der Waals surface area contributed by atoms with Crippen LogP contribution >= 0.6 is 0 Å². The molecule has 0 spiro atoms. The van der Waals surface area contributed by atoms with Crippen LogP contribution in [0.4, 0.5) is 0 Å². The van der Waals surface area contributed by atoms with Crippen molar-refractivity contribution in [1.82, 2.24) is 15.1 Å². The van der Waals surface area contributed by atoms with Gasteiger partial charge in [-0.1, -0.05) is 6.92 Å². The normalized spacial score (nSPS) is 40.6. The molecule has 3 rings (SSSR count). The van der Waals surface area contributed by atoms with Gasteiger partial charge in [0.2, 0.25) is 0 Å². The lowest BCUT2D eigenvalue weighted by atomic mass is 9.83. The summed E-state index contributed by atoms with van der Waals surface area (Å²) in [5, 5.41) is 3.40. The Morgan fingerprint density at radius 1 is 1.12 bits per heavy atom. The molecule has 0 aromatic rings. The molecule has 0 saturated carbocycles. The second kappa shape index (κ2) is 3.69. The standard InChI is InChI=1S/C14H27N3/c1-13(2,3)17-8-11-7-16(12-5-15-6-12)9-14(11,4)10-17/h11-12,15H,5-10H2,1-4H3/t11-,14+/m1/s1. The van der Waals surface area contributed by atoms with Crippen molar-refractivity contribution >= 4 is 0 Å². The maximum atomic E-state index is 3.40. The Morgan fingerprint density at radius 2 is 1.82 bits per heavy atom. The summed E-state index contributed by atoms with van der Waals surface area (Å²) < 4.78 is 0. The molecule has 0 amide bonds. The second-order valence-corrected chi connectivity index (χ2v) is 7.64. The highest BCUT2D eigenvalue weighted by atomic mass is 15.3. The fraction of sp³-hybridized carbons (Fsp3) is 1.00. The van der Waals surface area contributed by atoms with Crippen molar-refractivity contribution in [3.63, 3.8) is 0 Å². The third-order valence-electron chi connectivity index (χ3n) is 5.22. The van der Waals surface area contributed by atoms with Gasteiger partial charge in [-0.3, -0.25) is 9.80 Å². The molecule has 0 bridgehead atoms. The molecule has 2 atom stereocenters. The highest BCUT2D eigenvalue weighted by Crippen LogP contribution is 2.44. The first-order valence-corrected chi connectivity index (χ1v) is 7.08. The van der Waals surface area contributed by atoms with Crippen molar-refractivity contribution in [2.45, 2.75) is 39.3 Å². The van der Waals surface area contributed by atoms with E-state index >= 15 is 0 Å². The highest BCUT2D eigenvalue weighted by Gasteiger charge is 2.52. The summed E-state index contributed by atoms with van der Waals surface area (Å²) in [6.07, 6.45) is 0. The van der Waals surface area contributed by atoms with Crippen LogP contribution in [0.2, 0.25) is 0 Å². The van der Waals surface area contributed by atoms with E-state index in [1.165, 1.54) is 39.3 Å². The van der Waals surface area contributed by atoms with Crippen LogP contribution in [0, 0.1) is 11.3 Å². The summed E-state index contributed by atoms with van der Waals surface area (Å²) in [5.74, 6) is 0.891. The zero-order chi connectivity index (χ0) is 12.3. The molecule has 0 radical (unpaired) electrons. The lowest BCUT2D eigenvalue weighted by Gasteiger charge is -2.39. The van der Waals surface area contributed by atoms with Crippen LogP contribution in [0.1, 0.15) is 27.7 Å². The zero-order valence-electron chi connectivity index (χ0n) is 11.8. The van der Waals surface area contributed by atoms with Crippen molar-refractivity contribution in [2.24, 2.45) is 11.3 Å². The topological polar surface area (TPSA) is 18.5 Å². The van der Waals surface area contributed by atoms with Gasteiger partial charge in [0.1, 0.15) is 0 Å². The Kier molecular flexibility index (Phi) is 2.59. The van der Waals surface area contributed by atoms with Crippen LogP contribution in [-0.2, 0) is 0 Å². The van der Waals surface area contributed by atoms with E-state index < -0.39 is 0 Å². The minimum Gasteiger partial charge on any atom is -0.314 e. The minimum atomic E-state index is 0.343. The van der Waals surface area contributed by atoms with Gasteiger partial charge in [-0.25, -0.2) is 0 Å².